The van der Waals surface area contributed by atoms with E-state index in [4.69, 9.17) is 11.6 Å². The van der Waals surface area contributed by atoms with Crippen LogP contribution in [-0.4, -0.2) is 91.3 Å². The van der Waals surface area contributed by atoms with Crippen molar-refractivity contribution in [2.45, 2.75) is 98.6 Å². The van der Waals surface area contributed by atoms with Crippen molar-refractivity contribution in [3.63, 3.8) is 0 Å². The van der Waals surface area contributed by atoms with Crippen LogP contribution in [0.5, 0.6) is 0 Å². The van der Waals surface area contributed by atoms with Crippen LogP contribution in [0.1, 0.15) is 86.5 Å². The molecule has 0 aromatic rings. The third kappa shape index (κ3) is 12.7. The average molecular weight is 662 g/mol. The number of nitrogens with two attached hydrogens (primary N) is 2. The summed E-state index contributed by atoms with van der Waals surface area (Å²) in [6, 6.07) is -0.402. The van der Waals surface area contributed by atoms with E-state index in [0.717, 1.165) is 44.3 Å². The summed E-state index contributed by atoms with van der Waals surface area (Å²) in [6.45, 7) is 13.3. The second-order valence-corrected chi connectivity index (χ2v) is 13.9. The molecule has 5 amide bonds. The Kier molecular flexibility index (Phi) is 15.5. The van der Waals surface area contributed by atoms with Gasteiger partial charge in [-0.15, -0.1) is 0 Å². The molecule has 1 aliphatic heterocycles. The Balaban J connectivity index is 1.99. The molecule has 0 bridgehead atoms. The van der Waals surface area contributed by atoms with Gasteiger partial charge in [0.25, 0.3) is 0 Å². The molecule has 9 N–H and O–H groups in total. The zero-order valence-corrected chi connectivity index (χ0v) is 29.2. The lowest BCUT2D eigenvalue weighted by Crippen LogP contribution is -2.56. The van der Waals surface area contributed by atoms with Gasteiger partial charge in [-0.2, -0.15) is 0 Å². The van der Waals surface area contributed by atoms with Gasteiger partial charge in [-0.05, 0) is 57.3 Å². The molecule has 14 nitrogen and oxygen atoms in total. The highest BCUT2D eigenvalue weighted by molar-refractivity contribution is 5.83. The van der Waals surface area contributed by atoms with E-state index in [2.05, 4.69) is 33.5 Å². The number of amides is 5. The Morgan fingerprint density at radius 1 is 1.06 bits per heavy atom. The number of hydrazine groups is 1. The number of allylic oxidation sites excluding steroid dienone is 1. The van der Waals surface area contributed by atoms with Crippen LogP contribution in [-0.2, 0) is 24.0 Å². The van der Waals surface area contributed by atoms with Crippen molar-refractivity contribution >= 4 is 30.0 Å². The quantitative estimate of drug-likeness (QED) is 0.0421. The van der Waals surface area contributed by atoms with Gasteiger partial charge in [-0.3, -0.25) is 24.0 Å². The van der Waals surface area contributed by atoms with Gasteiger partial charge in [-0.25, -0.2) is 5.84 Å². The van der Waals surface area contributed by atoms with Crippen molar-refractivity contribution in [2.24, 2.45) is 28.3 Å². The van der Waals surface area contributed by atoms with Gasteiger partial charge in [0.1, 0.15) is 6.04 Å². The minimum atomic E-state index is -0.582. The normalized spacial score (nSPS) is 18.9. The lowest BCUT2D eigenvalue weighted by atomic mass is 9.85. The van der Waals surface area contributed by atoms with Crippen LogP contribution in [0.15, 0.2) is 23.7 Å². The Morgan fingerprint density at radius 3 is 2.30 bits per heavy atom. The molecule has 0 spiro atoms. The van der Waals surface area contributed by atoms with E-state index in [1.165, 1.54) is 11.9 Å². The minimum absolute atomic E-state index is 0.00247. The first-order chi connectivity index (χ1) is 22.1. The number of hydrogen-bond acceptors (Lipinski definition) is 9. The molecule has 14 heteroatoms. The summed E-state index contributed by atoms with van der Waals surface area (Å²) in [7, 11) is 0. The molecule has 47 heavy (non-hydrogen) atoms. The fourth-order valence-electron chi connectivity index (χ4n) is 5.98. The monoisotopic (exact) mass is 661 g/mol. The van der Waals surface area contributed by atoms with Crippen molar-refractivity contribution in [1.29, 1.82) is 0 Å². The molecule has 3 atom stereocenters. The second-order valence-electron chi connectivity index (χ2n) is 13.9. The topological polar surface area (TPSA) is 204 Å². The molecule has 1 saturated carbocycles. The van der Waals surface area contributed by atoms with E-state index in [9.17, 15) is 24.0 Å². The van der Waals surface area contributed by atoms with Crippen LogP contribution in [0.3, 0.4) is 0 Å². The third-order valence-electron chi connectivity index (χ3n) is 8.88. The van der Waals surface area contributed by atoms with Gasteiger partial charge in [0.15, 0.2) is 0 Å². The van der Waals surface area contributed by atoms with E-state index >= 15 is 0 Å². The Labute approximate surface area is 280 Å². The van der Waals surface area contributed by atoms with Gasteiger partial charge in [-0.1, -0.05) is 33.8 Å². The minimum Gasteiger partial charge on any atom is -0.400 e. The van der Waals surface area contributed by atoms with Crippen LogP contribution in [0.2, 0.25) is 0 Å². The van der Waals surface area contributed by atoms with Crippen molar-refractivity contribution in [3.05, 3.63) is 23.7 Å². The SMILES string of the molecule is CC/C=C(\NCC(=O)NCC1(/C(N)=C/N(N)C(C(=O)N2CCCC2C)C(C)(C)C)CC1)[C@H](CCCNC(=O)CNC=O)CNC(C)=O. The van der Waals surface area contributed by atoms with E-state index in [-0.39, 0.29) is 48.7 Å². The molecule has 0 aromatic carbocycles. The van der Waals surface area contributed by atoms with Gasteiger partial charge in [0.2, 0.25) is 30.0 Å². The van der Waals surface area contributed by atoms with Crippen molar-refractivity contribution in [2.75, 3.05) is 39.3 Å². The average Bonchev–Trinajstić information content (AvgIpc) is 3.67. The number of rotatable bonds is 20. The highest BCUT2D eigenvalue weighted by atomic mass is 16.2. The first kappa shape index (κ1) is 39.4. The van der Waals surface area contributed by atoms with Crippen LogP contribution < -0.4 is 38.2 Å². The smallest absolute Gasteiger partial charge is 0.247 e. The van der Waals surface area contributed by atoms with Crippen LogP contribution >= 0.6 is 0 Å². The summed E-state index contributed by atoms with van der Waals surface area (Å²) in [5.74, 6) is 5.79. The molecular formula is C33H59N9O5. The molecule has 2 rings (SSSR count). The Bertz CT molecular complexity index is 1150. The van der Waals surface area contributed by atoms with Crippen LogP contribution in [0.4, 0.5) is 0 Å². The highest BCUT2D eigenvalue weighted by Gasteiger charge is 2.47. The fraction of sp³-hybridized carbons (Fsp3) is 0.727. The van der Waals surface area contributed by atoms with Crippen molar-refractivity contribution < 1.29 is 24.0 Å². The zero-order valence-electron chi connectivity index (χ0n) is 29.2. The summed E-state index contributed by atoms with van der Waals surface area (Å²) in [5, 5.41) is 15.7. The number of nitrogens with one attached hydrogen (secondary N) is 5. The number of carbonyl (C=O) groups is 5. The van der Waals surface area contributed by atoms with E-state index in [1.54, 1.807) is 6.20 Å². The third-order valence-corrected chi connectivity index (χ3v) is 8.88. The van der Waals surface area contributed by atoms with Crippen molar-refractivity contribution in [1.82, 2.24) is 36.5 Å². The van der Waals surface area contributed by atoms with Gasteiger partial charge < -0.3 is 42.2 Å². The van der Waals surface area contributed by atoms with Crippen molar-refractivity contribution in [3.8, 4) is 0 Å². The second kappa shape index (κ2) is 18.5. The molecule has 2 fully saturated rings. The maximum absolute atomic E-state index is 13.6. The summed E-state index contributed by atoms with van der Waals surface area (Å²) in [6.07, 6.45) is 9.72. The number of likely N-dealkylation sites (tertiary alicyclic amines) is 1. The Morgan fingerprint density at radius 2 is 1.74 bits per heavy atom. The number of carbonyl (C=O) groups excluding carboxylic acids is 5. The number of hydrogen-bond donors (Lipinski definition) is 7. The first-order valence-corrected chi connectivity index (χ1v) is 16.8. The van der Waals surface area contributed by atoms with E-state index in [1.807, 2.05) is 38.7 Å². The van der Waals surface area contributed by atoms with Gasteiger partial charge in [0, 0.05) is 68.1 Å². The Hall–Kier alpha value is -3.81. The number of nitrogens with zero attached hydrogens (tertiary/aromatic N) is 2. The molecule has 0 radical (unpaired) electrons. The summed E-state index contributed by atoms with van der Waals surface area (Å²) >= 11 is 0. The predicted molar refractivity (Wildman–Crippen MR) is 181 cm³/mol. The zero-order chi connectivity index (χ0) is 35.2. The highest BCUT2D eigenvalue weighted by Crippen LogP contribution is 2.49. The summed E-state index contributed by atoms with van der Waals surface area (Å²) in [4.78, 5) is 62.3. The largest absolute Gasteiger partial charge is 0.400 e. The standard InChI is InChI=1S/C33H59N9O5/c1-7-10-26(25(17-38-24(3)44)12-8-15-37-28(45)18-36-22-43)39-19-29(46)40-21-33(13-14-33)27(34)20-42(35)30(32(4,5)6)31(47)41-16-9-11-23(41)2/h10,20,22-23,25,30,39H,7-9,11-19,21,34-35H2,1-6H3,(H,36,43)(H,37,45)(H,38,44)(H,40,46)/b26-10-,27-20-/t23?,25-,30?/m1/s1. The fourth-order valence-corrected chi connectivity index (χ4v) is 5.98. The molecule has 2 aliphatic rings. The molecule has 266 valence electrons. The molecule has 0 aromatic heterocycles. The van der Waals surface area contributed by atoms with Gasteiger partial charge >= 0.3 is 0 Å². The summed E-state index contributed by atoms with van der Waals surface area (Å²) < 4.78 is 0. The van der Waals surface area contributed by atoms with Crippen LogP contribution in [0, 0.1) is 16.7 Å². The molecular weight excluding hydrogens is 602 g/mol. The van der Waals surface area contributed by atoms with Crippen LogP contribution in [0.25, 0.3) is 0 Å². The predicted octanol–water partition coefficient (Wildman–Crippen LogP) is 0.562. The first-order valence-electron chi connectivity index (χ1n) is 16.8. The maximum atomic E-state index is 13.6. The molecule has 1 heterocycles. The summed E-state index contributed by atoms with van der Waals surface area (Å²) in [5.41, 5.74) is 7.13. The lowest BCUT2D eigenvalue weighted by Gasteiger charge is -2.39. The van der Waals surface area contributed by atoms with E-state index in [0.29, 0.717) is 44.6 Å². The molecule has 2 unspecified atom stereocenters. The maximum Gasteiger partial charge on any atom is 0.247 e. The molecule has 1 aliphatic carbocycles. The van der Waals surface area contributed by atoms with E-state index < -0.39 is 16.9 Å². The lowest BCUT2D eigenvalue weighted by molar-refractivity contribution is -0.140. The molecule has 1 saturated heterocycles. The van der Waals surface area contributed by atoms with Gasteiger partial charge in [0.05, 0.1) is 13.1 Å².